The van der Waals surface area contributed by atoms with Gasteiger partial charge in [0.1, 0.15) is 5.69 Å². The molecule has 72 valence electrons. The molecule has 0 bridgehead atoms. The fourth-order valence-corrected chi connectivity index (χ4v) is 1.26. The first kappa shape index (κ1) is 8.68. The van der Waals surface area contributed by atoms with Gasteiger partial charge in [0, 0.05) is 20.3 Å². The van der Waals surface area contributed by atoms with Gasteiger partial charge in [-0.2, -0.15) is 0 Å². The Labute approximate surface area is 81.8 Å². The average molecular weight is 189 g/mol. The van der Waals surface area contributed by atoms with E-state index in [1.54, 1.807) is 6.20 Å². The second-order valence-corrected chi connectivity index (χ2v) is 2.87. The van der Waals surface area contributed by atoms with Crippen LogP contribution in [-0.4, -0.2) is 26.8 Å². The van der Waals surface area contributed by atoms with Crippen LogP contribution in [0.1, 0.15) is 0 Å². The van der Waals surface area contributed by atoms with Crippen LogP contribution in [0.2, 0.25) is 0 Å². The highest BCUT2D eigenvalue weighted by atomic mass is 15.3. The lowest BCUT2D eigenvalue weighted by atomic mass is 10.3. The van der Waals surface area contributed by atoms with Gasteiger partial charge in [0.2, 0.25) is 5.95 Å². The highest BCUT2D eigenvalue weighted by Crippen LogP contribution is 2.15. The zero-order chi connectivity index (χ0) is 9.97. The van der Waals surface area contributed by atoms with Gasteiger partial charge in [-0.1, -0.05) is 6.07 Å². The maximum absolute atomic E-state index is 4.21. The molecule has 2 heterocycles. The smallest absolute Gasteiger partial charge is 0.224 e. The molecule has 5 nitrogen and oxygen atoms in total. The minimum absolute atomic E-state index is 0.727. The minimum Gasteiger partial charge on any atom is -0.357 e. The molecule has 0 amide bonds. The minimum atomic E-state index is 0.727. The predicted molar refractivity (Wildman–Crippen MR) is 53.8 cm³/mol. The van der Waals surface area contributed by atoms with Gasteiger partial charge in [-0.05, 0) is 12.1 Å². The summed E-state index contributed by atoms with van der Waals surface area (Å²) in [6.45, 7) is 0. The van der Waals surface area contributed by atoms with E-state index in [1.165, 1.54) is 0 Å². The molecule has 0 aliphatic rings. The Morgan fingerprint density at radius 3 is 2.71 bits per heavy atom. The van der Waals surface area contributed by atoms with Crippen LogP contribution in [-0.2, 0) is 7.05 Å². The molecule has 0 saturated carbocycles. The zero-order valence-electron chi connectivity index (χ0n) is 8.10. The van der Waals surface area contributed by atoms with E-state index in [1.807, 2.05) is 36.9 Å². The van der Waals surface area contributed by atoms with Gasteiger partial charge in [-0.15, -0.1) is 10.2 Å². The van der Waals surface area contributed by atoms with Crippen molar-refractivity contribution in [3.05, 3.63) is 24.4 Å². The van der Waals surface area contributed by atoms with Crippen LogP contribution in [0.3, 0.4) is 0 Å². The SMILES string of the molecule is CNc1nnc(-c2ccccn2)n1C. The Kier molecular flexibility index (Phi) is 2.14. The average Bonchev–Trinajstić information content (AvgIpc) is 2.61. The summed E-state index contributed by atoms with van der Waals surface area (Å²) in [5.41, 5.74) is 0.823. The Morgan fingerprint density at radius 1 is 1.29 bits per heavy atom. The number of hydrogen-bond acceptors (Lipinski definition) is 4. The zero-order valence-corrected chi connectivity index (χ0v) is 8.10. The number of pyridine rings is 1. The van der Waals surface area contributed by atoms with E-state index in [2.05, 4.69) is 20.5 Å². The Bertz CT molecular complexity index is 420. The molecule has 1 N–H and O–H groups in total. The van der Waals surface area contributed by atoms with Gasteiger partial charge in [0.05, 0.1) is 0 Å². The fraction of sp³-hybridized carbons (Fsp3) is 0.222. The topological polar surface area (TPSA) is 55.6 Å². The lowest BCUT2D eigenvalue weighted by Gasteiger charge is -2.01. The van der Waals surface area contributed by atoms with Crippen LogP contribution in [0.5, 0.6) is 0 Å². The van der Waals surface area contributed by atoms with Crippen LogP contribution >= 0.6 is 0 Å². The molecule has 5 heteroatoms. The van der Waals surface area contributed by atoms with Crippen LogP contribution in [0, 0.1) is 0 Å². The van der Waals surface area contributed by atoms with Crippen LogP contribution in [0.15, 0.2) is 24.4 Å². The van der Waals surface area contributed by atoms with Crippen molar-refractivity contribution in [3.63, 3.8) is 0 Å². The fourth-order valence-electron chi connectivity index (χ4n) is 1.26. The third-order valence-electron chi connectivity index (χ3n) is 1.99. The largest absolute Gasteiger partial charge is 0.357 e. The maximum Gasteiger partial charge on any atom is 0.224 e. The molecule has 0 aromatic carbocycles. The number of rotatable bonds is 2. The predicted octanol–water partition coefficient (Wildman–Crippen LogP) is 0.919. The molecule has 0 aliphatic carbocycles. The summed E-state index contributed by atoms with van der Waals surface area (Å²) in [6, 6.07) is 5.71. The van der Waals surface area contributed by atoms with Crippen molar-refractivity contribution in [2.24, 2.45) is 7.05 Å². The molecule has 2 aromatic heterocycles. The molecule has 0 atom stereocenters. The normalized spacial score (nSPS) is 10.1. The molecule has 0 fully saturated rings. The molecule has 0 unspecified atom stereocenters. The highest BCUT2D eigenvalue weighted by Gasteiger charge is 2.09. The Hall–Kier alpha value is -1.91. The number of nitrogens with zero attached hydrogens (tertiary/aromatic N) is 4. The molecule has 2 aromatic rings. The molecule has 0 aliphatic heterocycles. The number of anilines is 1. The first-order valence-corrected chi connectivity index (χ1v) is 4.31. The van der Waals surface area contributed by atoms with Crippen LogP contribution < -0.4 is 5.32 Å². The molecule has 14 heavy (non-hydrogen) atoms. The van der Waals surface area contributed by atoms with E-state index in [4.69, 9.17) is 0 Å². The molecular weight excluding hydrogens is 178 g/mol. The van der Waals surface area contributed by atoms with Crippen molar-refractivity contribution in [1.82, 2.24) is 19.7 Å². The Morgan fingerprint density at radius 2 is 2.14 bits per heavy atom. The van der Waals surface area contributed by atoms with E-state index in [0.29, 0.717) is 0 Å². The van der Waals surface area contributed by atoms with Gasteiger partial charge < -0.3 is 5.32 Å². The molecule has 2 rings (SSSR count). The van der Waals surface area contributed by atoms with Crippen molar-refractivity contribution in [2.75, 3.05) is 12.4 Å². The number of nitrogens with one attached hydrogen (secondary N) is 1. The lowest BCUT2D eigenvalue weighted by molar-refractivity contribution is 0.919. The summed E-state index contributed by atoms with van der Waals surface area (Å²) in [7, 11) is 3.71. The van der Waals surface area contributed by atoms with Crippen LogP contribution in [0.4, 0.5) is 5.95 Å². The quantitative estimate of drug-likeness (QED) is 0.763. The van der Waals surface area contributed by atoms with Gasteiger partial charge in [-0.25, -0.2) is 0 Å². The third kappa shape index (κ3) is 1.32. The van der Waals surface area contributed by atoms with E-state index in [9.17, 15) is 0 Å². The van der Waals surface area contributed by atoms with Crippen molar-refractivity contribution >= 4 is 5.95 Å². The van der Waals surface area contributed by atoms with Crippen molar-refractivity contribution < 1.29 is 0 Å². The number of aromatic nitrogens is 4. The van der Waals surface area contributed by atoms with Gasteiger partial charge in [0.15, 0.2) is 5.82 Å². The summed E-state index contributed by atoms with van der Waals surface area (Å²) in [5, 5.41) is 11.0. The molecule has 0 saturated heterocycles. The molecule has 0 spiro atoms. The standard InChI is InChI=1S/C9H11N5/c1-10-9-13-12-8(14(9)2)7-5-3-4-6-11-7/h3-6H,1-2H3,(H,10,13). The summed E-state index contributed by atoms with van der Waals surface area (Å²) in [5.74, 6) is 1.49. The maximum atomic E-state index is 4.21. The lowest BCUT2D eigenvalue weighted by Crippen LogP contribution is -2.00. The monoisotopic (exact) mass is 189 g/mol. The molecule has 0 radical (unpaired) electrons. The highest BCUT2D eigenvalue weighted by molar-refractivity contribution is 5.51. The summed E-state index contributed by atoms with van der Waals surface area (Å²) >= 11 is 0. The Balaban J connectivity index is 2.48. The van der Waals surface area contributed by atoms with E-state index in [0.717, 1.165) is 17.5 Å². The first-order chi connectivity index (χ1) is 6.83. The van der Waals surface area contributed by atoms with Crippen molar-refractivity contribution in [1.29, 1.82) is 0 Å². The number of hydrogen-bond donors (Lipinski definition) is 1. The van der Waals surface area contributed by atoms with Crippen molar-refractivity contribution in [3.8, 4) is 11.5 Å². The van der Waals surface area contributed by atoms with E-state index >= 15 is 0 Å². The van der Waals surface area contributed by atoms with Crippen molar-refractivity contribution in [2.45, 2.75) is 0 Å². The van der Waals surface area contributed by atoms with Crippen LogP contribution in [0.25, 0.3) is 11.5 Å². The second-order valence-electron chi connectivity index (χ2n) is 2.87. The summed E-state index contributed by atoms with van der Waals surface area (Å²) < 4.78 is 1.86. The van der Waals surface area contributed by atoms with Gasteiger partial charge in [-0.3, -0.25) is 9.55 Å². The first-order valence-electron chi connectivity index (χ1n) is 4.31. The molecular formula is C9H11N5. The van der Waals surface area contributed by atoms with E-state index in [-0.39, 0.29) is 0 Å². The second kappa shape index (κ2) is 3.45. The summed E-state index contributed by atoms with van der Waals surface area (Å²) in [4.78, 5) is 4.21. The third-order valence-corrected chi connectivity index (χ3v) is 1.99. The van der Waals surface area contributed by atoms with Gasteiger partial charge >= 0.3 is 0 Å². The van der Waals surface area contributed by atoms with E-state index < -0.39 is 0 Å². The van der Waals surface area contributed by atoms with Gasteiger partial charge in [0.25, 0.3) is 0 Å². The summed E-state index contributed by atoms with van der Waals surface area (Å²) in [6.07, 6.45) is 1.74.